The smallest absolute Gasteiger partial charge is 0.0554 e. The van der Waals surface area contributed by atoms with Crippen molar-refractivity contribution >= 4 is 37.5 Å². The molecule has 106 valence electrons. The molecule has 2 aliphatic rings. The Kier molecular flexibility index (Phi) is 3.43. The summed E-state index contributed by atoms with van der Waals surface area (Å²) < 4.78 is 2.28. The van der Waals surface area contributed by atoms with E-state index in [1.54, 1.807) is 0 Å². The van der Waals surface area contributed by atoms with E-state index in [2.05, 4.69) is 91.8 Å². The number of para-hydroxylation sites is 1. The summed E-state index contributed by atoms with van der Waals surface area (Å²) >= 11 is 7.22. The molecule has 0 spiro atoms. The van der Waals surface area contributed by atoms with E-state index < -0.39 is 0 Å². The summed E-state index contributed by atoms with van der Waals surface area (Å²) in [6, 6.07) is 15.6. The molecule has 0 aromatic heterocycles. The van der Waals surface area contributed by atoms with Gasteiger partial charge in [-0.15, -0.1) is 0 Å². The Labute approximate surface area is 141 Å². The predicted octanol–water partition coefficient (Wildman–Crippen LogP) is 6.04. The Balaban J connectivity index is 1.81. The third-order valence-corrected chi connectivity index (χ3v) is 5.76. The number of hydrogen-bond donors (Lipinski definition) is 1. The molecule has 0 unspecified atom stereocenters. The van der Waals surface area contributed by atoms with Gasteiger partial charge in [-0.1, -0.05) is 52.3 Å². The quantitative estimate of drug-likeness (QED) is 0.571. The first-order valence-electron chi connectivity index (χ1n) is 7.21. The molecule has 21 heavy (non-hydrogen) atoms. The Bertz CT molecular complexity index is 706. The number of rotatable bonds is 1. The summed E-state index contributed by atoms with van der Waals surface area (Å²) in [4.78, 5) is 0. The van der Waals surface area contributed by atoms with E-state index in [1.807, 2.05) is 0 Å². The first-order chi connectivity index (χ1) is 10.2. The van der Waals surface area contributed by atoms with Gasteiger partial charge in [-0.3, -0.25) is 0 Å². The number of allylic oxidation sites excluding steroid dienone is 2. The molecule has 2 aromatic carbocycles. The number of halogens is 2. The highest BCUT2D eigenvalue weighted by atomic mass is 79.9. The van der Waals surface area contributed by atoms with Gasteiger partial charge in [0.2, 0.25) is 0 Å². The van der Waals surface area contributed by atoms with Crippen LogP contribution in [0.25, 0.3) is 0 Å². The minimum atomic E-state index is 0.365. The van der Waals surface area contributed by atoms with Crippen LogP contribution in [0.15, 0.2) is 63.6 Å². The lowest BCUT2D eigenvalue weighted by atomic mass is 9.77. The Hall–Kier alpha value is -1.06. The van der Waals surface area contributed by atoms with E-state index in [-0.39, 0.29) is 0 Å². The highest BCUT2D eigenvalue weighted by Crippen LogP contribution is 2.51. The average Bonchev–Trinajstić information content (AvgIpc) is 2.98. The monoisotopic (exact) mass is 403 g/mol. The number of hydrogen-bond acceptors (Lipinski definition) is 1. The van der Waals surface area contributed by atoms with Crippen LogP contribution in [-0.4, -0.2) is 0 Å². The third-order valence-electron chi connectivity index (χ3n) is 4.58. The maximum Gasteiger partial charge on any atom is 0.0554 e. The van der Waals surface area contributed by atoms with Gasteiger partial charge in [-0.2, -0.15) is 0 Å². The second-order valence-corrected chi connectivity index (χ2v) is 7.50. The average molecular weight is 405 g/mol. The molecule has 2 aromatic rings. The fourth-order valence-electron chi connectivity index (χ4n) is 3.58. The summed E-state index contributed by atoms with van der Waals surface area (Å²) in [5.41, 5.74) is 4.02. The first-order valence-corrected chi connectivity index (χ1v) is 8.80. The molecule has 0 bridgehead atoms. The molecule has 1 nitrogen and oxygen atoms in total. The highest BCUT2D eigenvalue weighted by Gasteiger charge is 2.38. The van der Waals surface area contributed by atoms with Crippen molar-refractivity contribution in [2.24, 2.45) is 5.92 Å². The SMILES string of the molecule is Brc1ccc([C@@H]2Nc3c(Br)cccc3[C@H]3C=CC[C@@H]32)cc1. The van der Waals surface area contributed by atoms with Crippen LogP contribution in [0.3, 0.4) is 0 Å². The number of nitrogens with one attached hydrogen (secondary N) is 1. The number of anilines is 1. The summed E-state index contributed by atoms with van der Waals surface area (Å²) in [6.07, 6.45) is 5.85. The van der Waals surface area contributed by atoms with Crippen LogP contribution in [0.1, 0.15) is 29.5 Å². The number of fused-ring (bicyclic) bond motifs is 3. The standard InChI is InChI=1S/C18H15Br2N/c19-12-9-7-11(8-10-12)17-14-4-1-3-13(14)15-5-2-6-16(20)18(15)21-17/h1-3,5-10,13-14,17,21H,4H2/t13-,14-,17-/m0/s1. The zero-order valence-corrected chi connectivity index (χ0v) is 14.6. The Morgan fingerprint density at radius 1 is 1.00 bits per heavy atom. The molecule has 0 fully saturated rings. The Morgan fingerprint density at radius 3 is 2.62 bits per heavy atom. The van der Waals surface area contributed by atoms with Crippen LogP contribution in [-0.2, 0) is 0 Å². The van der Waals surface area contributed by atoms with Crippen LogP contribution >= 0.6 is 31.9 Å². The lowest BCUT2D eigenvalue weighted by Gasteiger charge is -2.38. The summed E-state index contributed by atoms with van der Waals surface area (Å²) in [5, 5.41) is 3.77. The minimum absolute atomic E-state index is 0.365. The lowest BCUT2D eigenvalue weighted by Crippen LogP contribution is -2.29. The van der Waals surface area contributed by atoms with Gasteiger partial charge in [0.15, 0.2) is 0 Å². The van der Waals surface area contributed by atoms with Gasteiger partial charge < -0.3 is 5.32 Å². The van der Waals surface area contributed by atoms with Crippen molar-refractivity contribution in [3.63, 3.8) is 0 Å². The second-order valence-electron chi connectivity index (χ2n) is 5.73. The molecular formula is C18H15Br2N. The topological polar surface area (TPSA) is 12.0 Å². The molecule has 0 saturated carbocycles. The predicted molar refractivity (Wildman–Crippen MR) is 94.6 cm³/mol. The minimum Gasteiger partial charge on any atom is -0.377 e. The third kappa shape index (κ3) is 2.27. The maximum absolute atomic E-state index is 3.77. The van der Waals surface area contributed by atoms with Crippen LogP contribution in [0, 0.1) is 5.92 Å². The fraction of sp³-hybridized carbons (Fsp3) is 0.222. The van der Waals surface area contributed by atoms with Gasteiger partial charge in [0.1, 0.15) is 0 Å². The molecule has 1 aliphatic carbocycles. The molecule has 3 atom stereocenters. The van der Waals surface area contributed by atoms with E-state index in [0.717, 1.165) is 15.4 Å². The Morgan fingerprint density at radius 2 is 1.81 bits per heavy atom. The van der Waals surface area contributed by atoms with Crippen molar-refractivity contribution in [3.8, 4) is 0 Å². The zero-order chi connectivity index (χ0) is 14.4. The van der Waals surface area contributed by atoms with Crippen molar-refractivity contribution in [2.75, 3.05) is 5.32 Å². The van der Waals surface area contributed by atoms with Crippen molar-refractivity contribution in [1.29, 1.82) is 0 Å². The molecule has 4 rings (SSSR count). The van der Waals surface area contributed by atoms with Crippen molar-refractivity contribution in [3.05, 3.63) is 74.7 Å². The normalized spacial score (nSPS) is 26.1. The number of benzene rings is 2. The second kappa shape index (κ2) is 5.29. The first kappa shape index (κ1) is 13.6. The fourth-order valence-corrected chi connectivity index (χ4v) is 4.34. The lowest BCUT2D eigenvalue weighted by molar-refractivity contribution is 0.425. The molecule has 1 heterocycles. The summed E-state index contributed by atoms with van der Waals surface area (Å²) in [5.74, 6) is 1.13. The molecular weight excluding hydrogens is 390 g/mol. The van der Waals surface area contributed by atoms with Gasteiger partial charge in [0.25, 0.3) is 0 Å². The van der Waals surface area contributed by atoms with Crippen molar-refractivity contribution < 1.29 is 0 Å². The van der Waals surface area contributed by atoms with Crippen LogP contribution < -0.4 is 5.32 Å². The van der Waals surface area contributed by atoms with Crippen molar-refractivity contribution in [2.45, 2.75) is 18.4 Å². The molecule has 3 heteroatoms. The van der Waals surface area contributed by atoms with Gasteiger partial charge in [-0.25, -0.2) is 0 Å². The van der Waals surface area contributed by atoms with Crippen LogP contribution in [0.4, 0.5) is 5.69 Å². The van der Waals surface area contributed by atoms with Gasteiger partial charge in [0, 0.05) is 14.9 Å². The van der Waals surface area contributed by atoms with Gasteiger partial charge >= 0.3 is 0 Å². The molecule has 1 N–H and O–H groups in total. The zero-order valence-electron chi connectivity index (χ0n) is 11.4. The van der Waals surface area contributed by atoms with E-state index >= 15 is 0 Å². The van der Waals surface area contributed by atoms with Gasteiger partial charge in [0.05, 0.1) is 11.7 Å². The molecule has 0 amide bonds. The molecule has 0 radical (unpaired) electrons. The van der Waals surface area contributed by atoms with Crippen LogP contribution in [0.2, 0.25) is 0 Å². The maximum atomic E-state index is 3.77. The van der Waals surface area contributed by atoms with Gasteiger partial charge in [-0.05, 0) is 57.6 Å². The van der Waals surface area contributed by atoms with E-state index in [4.69, 9.17) is 0 Å². The summed E-state index contributed by atoms with van der Waals surface area (Å²) in [6.45, 7) is 0. The van der Waals surface area contributed by atoms with E-state index in [0.29, 0.717) is 17.9 Å². The van der Waals surface area contributed by atoms with Crippen molar-refractivity contribution in [1.82, 2.24) is 0 Å². The largest absolute Gasteiger partial charge is 0.377 e. The summed E-state index contributed by atoms with van der Waals surface area (Å²) in [7, 11) is 0. The van der Waals surface area contributed by atoms with E-state index in [1.165, 1.54) is 16.8 Å². The van der Waals surface area contributed by atoms with E-state index in [9.17, 15) is 0 Å². The molecule has 0 saturated heterocycles. The van der Waals surface area contributed by atoms with Crippen LogP contribution in [0.5, 0.6) is 0 Å². The highest BCUT2D eigenvalue weighted by molar-refractivity contribution is 9.10. The molecule has 1 aliphatic heterocycles.